The van der Waals surface area contributed by atoms with Crippen LogP contribution >= 0.6 is 11.8 Å². The van der Waals surface area contributed by atoms with E-state index in [2.05, 4.69) is 15.3 Å². The summed E-state index contributed by atoms with van der Waals surface area (Å²) in [5, 5.41) is 3.75. The van der Waals surface area contributed by atoms with Gasteiger partial charge in [0.2, 0.25) is 5.91 Å². The molecule has 1 amide bonds. The molecule has 0 unspecified atom stereocenters. The molecule has 0 saturated carbocycles. The van der Waals surface area contributed by atoms with Crippen LogP contribution in [0.1, 0.15) is 0 Å². The average molecular weight is 505 g/mol. The van der Waals surface area contributed by atoms with Gasteiger partial charge in [-0.05, 0) is 30.3 Å². The first kappa shape index (κ1) is 23.4. The highest BCUT2D eigenvalue weighted by molar-refractivity contribution is 7.99. The van der Waals surface area contributed by atoms with Gasteiger partial charge in [0.05, 0.1) is 31.3 Å². The van der Waals surface area contributed by atoms with E-state index in [-0.39, 0.29) is 28.0 Å². The molecule has 5 rings (SSSR count). The van der Waals surface area contributed by atoms with Crippen molar-refractivity contribution in [3.8, 4) is 17.2 Å². The SMILES string of the molecule is COc1ccc(NC(=O)CSc2nc3c([nH]c4ccccc43)c(=O)n2-c2ccccc2F)c(OC)c1. The van der Waals surface area contributed by atoms with Crippen LogP contribution in [0.15, 0.2) is 76.7 Å². The number of H-pyrrole nitrogens is 1. The minimum absolute atomic E-state index is 0.0512. The zero-order valence-electron chi connectivity index (χ0n) is 19.4. The second kappa shape index (κ2) is 9.74. The zero-order chi connectivity index (χ0) is 25.2. The number of para-hydroxylation sites is 2. The molecule has 2 aromatic heterocycles. The highest BCUT2D eigenvalue weighted by Gasteiger charge is 2.20. The number of methoxy groups -OCH3 is 2. The summed E-state index contributed by atoms with van der Waals surface area (Å²) in [7, 11) is 3.03. The van der Waals surface area contributed by atoms with Crippen molar-refractivity contribution < 1.29 is 18.7 Å². The molecule has 0 aliphatic carbocycles. The van der Waals surface area contributed by atoms with E-state index in [1.165, 1.54) is 30.9 Å². The lowest BCUT2D eigenvalue weighted by Crippen LogP contribution is -2.23. The van der Waals surface area contributed by atoms with Gasteiger partial charge in [-0.25, -0.2) is 9.37 Å². The molecule has 3 aromatic carbocycles. The van der Waals surface area contributed by atoms with Gasteiger partial charge in [-0.1, -0.05) is 42.1 Å². The number of ether oxygens (including phenoxy) is 2. The number of aromatic amines is 1. The first-order valence-corrected chi connectivity index (χ1v) is 11.9. The monoisotopic (exact) mass is 504 g/mol. The number of fused-ring (bicyclic) bond motifs is 3. The summed E-state index contributed by atoms with van der Waals surface area (Å²) in [4.78, 5) is 34.1. The molecule has 2 heterocycles. The summed E-state index contributed by atoms with van der Waals surface area (Å²) in [6.07, 6.45) is 0. The molecule has 0 aliphatic heterocycles. The maximum Gasteiger partial charge on any atom is 0.283 e. The van der Waals surface area contributed by atoms with Crippen molar-refractivity contribution in [2.24, 2.45) is 0 Å². The topological polar surface area (TPSA) is 98.2 Å². The Bertz CT molecular complexity index is 1660. The van der Waals surface area contributed by atoms with Crippen molar-refractivity contribution in [1.29, 1.82) is 0 Å². The lowest BCUT2D eigenvalue weighted by atomic mass is 10.2. The number of nitrogens with zero attached hydrogens (tertiary/aromatic N) is 2. The number of halogens is 1. The Morgan fingerprint density at radius 1 is 1.08 bits per heavy atom. The summed E-state index contributed by atoms with van der Waals surface area (Å²) >= 11 is 1.03. The zero-order valence-corrected chi connectivity index (χ0v) is 20.2. The van der Waals surface area contributed by atoms with Crippen LogP contribution < -0.4 is 20.3 Å². The van der Waals surface area contributed by atoms with Gasteiger partial charge in [0.1, 0.15) is 28.3 Å². The van der Waals surface area contributed by atoms with E-state index in [9.17, 15) is 14.0 Å². The maximum atomic E-state index is 14.8. The number of rotatable bonds is 7. The molecule has 8 nitrogen and oxygen atoms in total. The van der Waals surface area contributed by atoms with Gasteiger partial charge in [0.15, 0.2) is 5.16 Å². The molecule has 0 bridgehead atoms. The van der Waals surface area contributed by atoms with Gasteiger partial charge in [0, 0.05) is 17.0 Å². The second-order valence-corrected chi connectivity index (χ2v) is 8.73. The maximum absolute atomic E-state index is 14.8. The minimum Gasteiger partial charge on any atom is -0.497 e. The Balaban J connectivity index is 1.53. The molecule has 0 spiro atoms. The molecule has 2 N–H and O–H groups in total. The van der Waals surface area contributed by atoms with E-state index >= 15 is 0 Å². The number of anilines is 1. The Morgan fingerprint density at radius 3 is 2.64 bits per heavy atom. The number of hydrogen-bond acceptors (Lipinski definition) is 6. The molecule has 36 heavy (non-hydrogen) atoms. The number of aromatic nitrogens is 3. The fourth-order valence-electron chi connectivity index (χ4n) is 3.90. The molecule has 10 heteroatoms. The Hall–Kier alpha value is -4.31. The van der Waals surface area contributed by atoms with Gasteiger partial charge >= 0.3 is 0 Å². The van der Waals surface area contributed by atoms with Crippen molar-refractivity contribution in [3.63, 3.8) is 0 Å². The van der Waals surface area contributed by atoms with Crippen LogP contribution in [-0.4, -0.2) is 40.4 Å². The fourth-order valence-corrected chi connectivity index (χ4v) is 4.70. The number of hydrogen-bond donors (Lipinski definition) is 2. The lowest BCUT2D eigenvalue weighted by molar-refractivity contribution is -0.113. The molecule has 0 aliphatic rings. The van der Waals surface area contributed by atoms with Gasteiger partial charge in [-0.15, -0.1) is 0 Å². The van der Waals surface area contributed by atoms with E-state index < -0.39 is 11.4 Å². The summed E-state index contributed by atoms with van der Waals surface area (Å²) in [5.74, 6) is 0.0193. The predicted molar refractivity (Wildman–Crippen MR) is 138 cm³/mol. The summed E-state index contributed by atoms with van der Waals surface area (Å²) in [5.41, 5.74) is 1.52. The lowest BCUT2D eigenvalue weighted by Gasteiger charge is -2.14. The highest BCUT2D eigenvalue weighted by Crippen LogP contribution is 2.30. The van der Waals surface area contributed by atoms with Crippen molar-refractivity contribution in [1.82, 2.24) is 14.5 Å². The normalized spacial score (nSPS) is 11.1. The molecular formula is C26H21FN4O4S. The van der Waals surface area contributed by atoms with Crippen LogP contribution in [0.3, 0.4) is 0 Å². The predicted octanol–water partition coefficient (Wildman–Crippen LogP) is 4.75. The molecule has 0 atom stereocenters. The van der Waals surface area contributed by atoms with Crippen LogP contribution in [0.25, 0.3) is 27.6 Å². The van der Waals surface area contributed by atoms with Crippen molar-refractivity contribution >= 4 is 45.3 Å². The molecule has 5 aromatic rings. The number of amides is 1. The van der Waals surface area contributed by atoms with E-state index in [1.54, 1.807) is 30.3 Å². The molecule has 0 saturated heterocycles. The Morgan fingerprint density at radius 2 is 1.86 bits per heavy atom. The first-order chi connectivity index (χ1) is 17.5. The molecule has 0 fully saturated rings. The summed E-state index contributed by atoms with van der Waals surface area (Å²) < 4.78 is 26.5. The number of carbonyl (C=O) groups is 1. The van der Waals surface area contributed by atoms with E-state index in [0.717, 1.165) is 22.7 Å². The smallest absolute Gasteiger partial charge is 0.283 e. The standard InChI is InChI=1S/C26H21FN4O4S/c1-34-15-11-12-19(21(13-15)35-2)28-22(32)14-36-26-30-23-16-7-3-5-9-18(16)29-24(23)25(33)31(26)20-10-6-4-8-17(20)27/h3-13,29H,14H2,1-2H3,(H,28,32). The van der Waals surface area contributed by atoms with Crippen LogP contribution in [0.2, 0.25) is 0 Å². The third-order valence-corrected chi connectivity index (χ3v) is 6.54. The largest absolute Gasteiger partial charge is 0.497 e. The average Bonchev–Trinajstić information content (AvgIpc) is 3.27. The quantitative estimate of drug-likeness (QED) is 0.245. The summed E-state index contributed by atoms with van der Waals surface area (Å²) in [6.45, 7) is 0. The van der Waals surface area contributed by atoms with E-state index in [4.69, 9.17) is 9.47 Å². The van der Waals surface area contributed by atoms with E-state index in [0.29, 0.717) is 22.7 Å². The molecule has 182 valence electrons. The third-order valence-electron chi connectivity index (χ3n) is 5.60. The van der Waals surface area contributed by atoms with Gasteiger partial charge in [0.25, 0.3) is 5.56 Å². The Labute approximate surface area is 209 Å². The summed E-state index contributed by atoms with van der Waals surface area (Å²) in [6, 6.07) is 18.4. The number of thioether (sulfide) groups is 1. The van der Waals surface area contributed by atoms with Crippen molar-refractivity contribution in [2.45, 2.75) is 5.16 Å². The van der Waals surface area contributed by atoms with Gasteiger partial charge in [-0.3, -0.25) is 14.2 Å². The number of benzene rings is 3. The van der Waals surface area contributed by atoms with Crippen LogP contribution in [0, 0.1) is 5.82 Å². The van der Waals surface area contributed by atoms with Crippen molar-refractivity contribution in [2.75, 3.05) is 25.3 Å². The number of nitrogens with one attached hydrogen (secondary N) is 2. The Kier molecular flexibility index (Phi) is 6.34. The van der Waals surface area contributed by atoms with E-state index in [1.807, 2.05) is 24.3 Å². The second-order valence-electron chi connectivity index (χ2n) is 7.78. The van der Waals surface area contributed by atoms with Crippen LogP contribution in [0.4, 0.5) is 10.1 Å². The van der Waals surface area contributed by atoms with Crippen LogP contribution in [0.5, 0.6) is 11.5 Å². The van der Waals surface area contributed by atoms with Crippen LogP contribution in [-0.2, 0) is 4.79 Å². The van der Waals surface area contributed by atoms with Gasteiger partial charge < -0.3 is 19.8 Å². The molecular weight excluding hydrogens is 483 g/mol. The highest BCUT2D eigenvalue weighted by atomic mass is 32.2. The van der Waals surface area contributed by atoms with Crippen molar-refractivity contribution in [3.05, 3.63) is 82.9 Å². The van der Waals surface area contributed by atoms with Gasteiger partial charge in [-0.2, -0.15) is 0 Å². The number of carbonyl (C=O) groups excluding carboxylic acids is 1. The minimum atomic E-state index is -0.578. The first-order valence-electron chi connectivity index (χ1n) is 10.9. The third kappa shape index (κ3) is 4.27. The fraction of sp³-hybridized carbons (Fsp3) is 0.115. The molecule has 0 radical (unpaired) electrons.